The second-order valence-corrected chi connectivity index (χ2v) is 11.4. The number of allylic oxidation sites excluding steroid dienone is 6. The molecule has 6 nitrogen and oxygen atoms in total. The summed E-state index contributed by atoms with van der Waals surface area (Å²) < 4.78 is 16.3. The smallest absolute Gasteiger partial charge is 0.306 e. The summed E-state index contributed by atoms with van der Waals surface area (Å²) in [5, 5.41) is 0. The van der Waals surface area contributed by atoms with Gasteiger partial charge in [-0.15, -0.1) is 0 Å². The average Bonchev–Trinajstić information content (AvgIpc) is 3.00. The average molecular weight is 605 g/mol. The lowest BCUT2D eigenvalue weighted by Gasteiger charge is -2.18. The highest BCUT2D eigenvalue weighted by molar-refractivity contribution is 5.71. The summed E-state index contributed by atoms with van der Waals surface area (Å²) in [7, 11) is 0. The van der Waals surface area contributed by atoms with Crippen LogP contribution < -0.4 is 0 Å². The van der Waals surface area contributed by atoms with Crippen LogP contribution in [0.1, 0.15) is 162 Å². The number of ether oxygens (including phenoxy) is 3. The molecule has 1 atom stereocenters. The second kappa shape index (κ2) is 32.5. The van der Waals surface area contributed by atoms with E-state index < -0.39 is 6.10 Å². The van der Waals surface area contributed by atoms with Crippen molar-refractivity contribution in [2.24, 2.45) is 0 Å². The van der Waals surface area contributed by atoms with E-state index in [0.717, 1.165) is 25.7 Å². The molecule has 0 aromatic rings. The molecule has 248 valence electrons. The molecule has 0 aliphatic carbocycles. The first-order valence-electron chi connectivity index (χ1n) is 17.5. The zero-order chi connectivity index (χ0) is 31.6. The van der Waals surface area contributed by atoms with Crippen molar-refractivity contribution in [2.75, 3.05) is 13.2 Å². The maximum absolute atomic E-state index is 12.5. The summed E-state index contributed by atoms with van der Waals surface area (Å²) in [6.07, 6.45) is 33.4. The highest BCUT2D eigenvalue weighted by Gasteiger charge is 2.19. The van der Waals surface area contributed by atoms with Crippen molar-refractivity contribution in [3.05, 3.63) is 36.5 Å². The summed E-state index contributed by atoms with van der Waals surface area (Å²) in [6, 6.07) is 0. The van der Waals surface area contributed by atoms with Crippen LogP contribution in [0.3, 0.4) is 0 Å². The van der Waals surface area contributed by atoms with E-state index in [1.807, 2.05) is 18.2 Å². The highest BCUT2D eigenvalue weighted by Crippen LogP contribution is 2.10. The van der Waals surface area contributed by atoms with E-state index >= 15 is 0 Å². The maximum atomic E-state index is 12.5. The molecule has 0 radical (unpaired) electrons. The third-order valence-corrected chi connectivity index (χ3v) is 7.11. The molecule has 0 aromatic carbocycles. The quantitative estimate of drug-likeness (QED) is 0.0351. The van der Waals surface area contributed by atoms with E-state index in [9.17, 15) is 14.4 Å². The monoisotopic (exact) mass is 604 g/mol. The minimum atomic E-state index is -0.814. The molecule has 0 aliphatic heterocycles. The Morgan fingerprint density at radius 1 is 0.442 bits per heavy atom. The van der Waals surface area contributed by atoms with Gasteiger partial charge < -0.3 is 14.2 Å². The number of rotatable bonds is 30. The fraction of sp³-hybridized carbons (Fsp3) is 0.757. The number of unbranched alkanes of at least 4 members (excludes halogenated alkanes) is 13. The van der Waals surface area contributed by atoms with Crippen LogP contribution in [0, 0.1) is 0 Å². The van der Waals surface area contributed by atoms with Crippen molar-refractivity contribution < 1.29 is 28.6 Å². The number of hydrogen-bond donors (Lipinski definition) is 0. The summed E-state index contributed by atoms with van der Waals surface area (Å²) in [5.74, 6) is -1.10. The van der Waals surface area contributed by atoms with Crippen molar-refractivity contribution in [3.63, 3.8) is 0 Å². The minimum Gasteiger partial charge on any atom is -0.462 e. The Labute approximate surface area is 264 Å². The van der Waals surface area contributed by atoms with Gasteiger partial charge in [0, 0.05) is 19.3 Å². The Bertz CT molecular complexity index is 754. The third kappa shape index (κ3) is 30.9. The summed E-state index contributed by atoms with van der Waals surface area (Å²) in [6.45, 7) is 6.31. The lowest BCUT2D eigenvalue weighted by Crippen LogP contribution is -2.30. The van der Waals surface area contributed by atoms with Gasteiger partial charge >= 0.3 is 17.9 Å². The zero-order valence-electron chi connectivity index (χ0n) is 28.0. The van der Waals surface area contributed by atoms with Gasteiger partial charge in [0.1, 0.15) is 13.2 Å². The fourth-order valence-electron chi connectivity index (χ4n) is 4.44. The minimum absolute atomic E-state index is 0.121. The van der Waals surface area contributed by atoms with Crippen LogP contribution in [0.2, 0.25) is 0 Å². The zero-order valence-corrected chi connectivity index (χ0v) is 28.0. The van der Waals surface area contributed by atoms with Crippen molar-refractivity contribution in [2.45, 2.75) is 168 Å². The van der Waals surface area contributed by atoms with Gasteiger partial charge in [-0.05, 0) is 51.4 Å². The molecule has 0 aromatic heterocycles. The molecular formula is C37H64O6. The molecule has 0 spiro atoms. The Morgan fingerprint density at radius 2 is 0.814 bits per heavy atom. The predicted octanol–water partition coefficient (Wildman–Crippen LogP) is 10.3. The number of hydrogen-bond acceptors (Lipinski definition) is 6. The van der Waals surface area contributed by atoms with Gasteiger partial charge in [0.2, 0.25) is 0 Å². The molecule has 0 aliphatic rings. The SMILES string of the molecule is CCCC=CCCC(=O)OCC(COC(=O)CC/C=C\CCCCCCCC)OC(=O)CC/C=C\CCCCCCCC. The van der Waals surface area contributed by atoms with E-state index in [4.69, 9.17) is 14.2 Å². The molecule has 0 N–H and O–H groups in total. The van der Waals surface area contributed by atoms with E-state index in [2.05, 4.69) is 39.0 Å². The van der Waals surface area contributed by atoms with E-state index in [1.54, 1.807) is 0 Å². The van der Waals surface area contributed by atoms with Gasteiger partial charge in [-0.3, -0.25) is 14.4 Å². The van der Waals surface area contributed by atoms with Crippen LogP contribution >= 0.6 is 0 Å². The predicted molar refractivity (Wildman–Crippen MR) is 178 cm³/mol. The molecule has 0 amide bonds. The molecule has 0 fully saturated rings. The molecule has 0 saturated heterocycles. The molecule has 1 unspecified atom stereocenters. The summed E-state index contributed by atoms with van der Waals surface area (Å²) >= 11 is 0. The molecule has 43 heavy (non-hydrogen) atoms. The van der Waals surface area contributed by atoms with Gasteiger partial charge in [-0.25, -0.2) is 0 Å². The van der Waals surface area contributed by atoms with Gasteiger partial charge in [-0.1, -0.05) is 128 Å². The Morgan fingerprint density at radius 3 is 1.26 bits per heavy atom. The van der Waals surface area contributed by atoms with Crippen LogP contribution in [-0.2, 0) is 28.6 Å². The molecule has 0 rings (SSSR count). The Kier molecular flexibility index (Phi) is 30.7. The normalized spacial score (nSPS) is 12.3. The van der Waals surface area contributed by atoms with Crippen LogP contribution in [-0.4, -0.2) is 37.2 Å². The van der Waals surface area contributed by atoms with Crippen molar-refractivity contribution >= 4 is 17.9 Å². The van der Waals surface area contributed by atoms with Gasteiger partial charge in [0.25, 0.3) is 0 Å². The van der Waals surface area contributed by atoms with Gasteiger partial charge in [0.15, 0.2) is 6.10 Å². The first-order valence-corrected chi connectivity index (χ1v) is 17.5. The van der Waals surface area contributed by atoms with Gasteiger partial charge in [0.05, 0.1) is 0 Å². The second-order valence-electron chi connectivity index (χ2n) is 11.4. The Balaban J connectivity index is 4.46. The van der Waals surface area contributed by atoms with E-state index in [1.165, 1.54) is 77.0 Å². The molecule has 6 heteroatoms. The van der Waals surface area contributed by atoms with Crippen molar-refractivity contribution in [1.29, 1.82) is 0 Å². The van der Waals surface area contributed by atoms with Crippen LogP contribution in [0.25, 0.3) is 0 Å². The first-order chi connectivity index (χ1) is 21.0. The third-order valence-electron chi connectivity index (χ3n) is 7.11. The van der Waals surface area contributed by atoms with E-state index in [-0.39, 0.29) is 50.4 Å². The maximum Gasteiger partial charge on any atom is 0.306 e. The molecule has 0 bridgehead atoms. The summed E-state index contributed by atoms with van der Waals surface area (Å²) in [5.41, 5.74) is 0. The fourth-order valence-corrected chi connectivity index (χ4v) is 4.44. The van der Waals surface area contributed by atoms with E-state index in [0.29, 0.717) is 19.3 Å². The summed E-state index contributed by atoms with van der Waals surface area (Å²) in [4.78, 5) is 36.9. The molecule has 0 saturated carbocycles. The number of esters is 3. The lowest BCUT2D eigenvalue weighted by atomic mass is 10.1. The topological polar surface area (TPSA) is 78.9 Å². The molecule has 0 heterocycles. The standard InChI is InChI=1S/C37H64O6/c1-4-7-10-13-15-17-19-21-24-27-30-36(39)42-33-34(32-41-35(38)29-26-23-12-9-6-3)43-37(40)31-28-25-22-20-18-16-14-11-8-5-2/h12,21-25,34H,4-11,13-20,26-33H2,1-3H3/b23-12?,24-21-,25-22-. The Hall–Kier alpha value is -2.37. The van der Waals surface area contributed by atoms with Gasteiger partial charge in [-0.2, -0.15) is 0 Å². The highest BCUT2D eigenvalue weighted by atomic mass is 16.6. The van der Waals surface area contributed by atoms with Crippen molar-refractivity contribution in [1.82, 2.24) is 0 Å². The van der Waals surface area contributed by atoms with Crippen molar-refractivity contribution in [3.8, 4) is 0 Å². The van der Waals surface area contributed by atoms with Crippen LogP contribution in [0.15, 0.2) is 36.5 Å². The number of carbonyl (C=O) groups excluding carboxylic acids is 3. The van der Waals surface area contributed by atoms with Crippen LogP contribution in [0.5, 0.6) is 0 Å². The number of carbonyl (C=O) groups is 3. The first kappa shape index (κ1) is 40.6. The molecular weight excluding hydrogens is 540 g/mol. The largest absolute Gasteiger partial charge is 0.462 e. The van der Waals surface area contributed by atoms with Crippen LogP contribution in [0.4, 0.5) is 0 Å². The lowest BCUT2D eigenvalue weighted by molar-refractivity contribution is -0.166.